The number of tetrazole rings is 1. The molecule has 1 aliphatic carbocycles. The fourth-order valence-electron chi connectivity index (χ4n) is 5.39. The van der Waals surface area contributed by atoms with Crippen molar-refractivity contribution in [2.24, 2.45) is 0 Å². The highest BCUT2D eigenvalue weighted by Crippen LogP contribution is 2.17. The van der Waals surface area contributed by atoms with Crippen LogP contribution in [0.2, 0.25) is 0 Å². The lowest BCUT2D eigenvalue weighted by atomic mass is 9.93. The van der Waals surface area contributed by atoms with Crippen molar-refractivity contribution in [1.82, 2.24) is 20.2 Å². The number of quaternary nitrogens is 2. The average Bonchev–Trinajstić information content (AvgIpc) is 3.37. The SMILES string of the molecule is CC[C@@H](c1nnnn1C[C@H]1CCCO1)[NH+]1CC[NH+](C2CCCCC2)CC1. The molecule has 26 heavy (non-hydrogen) atoms. The third-order valence-corrected chi connectivity index (χ3v) is 6.89. The van der Waals surface area contributed by atoms with E-state index in [2.05, 4.69) is 22.4 Å². The van der Waals surface area contributed by atoms with Gasteiger partial charge in [-0.05, 0) is 49.0 Å². The van der Waals surface area contributed by atoms with Crippen LogP contribution >= 0.6 is 0 Å². The van der Waals surface area contributed by atoms with Crippen LogP contribution in [0.1, 0.15) is 70.2 Å². The molecule has 7 heteroatoms. The third kappa shape index (κ3) is 4.10. The van der Waals surface area contributed by atoms with Crippen LogP contribution < -0.4 is 9.80 Å². The molecule has 146 valence electrons. The van der Waals surface area contributed by atoms with E-state index in [9.17, 15) is 0 Å². The van der Waals surface area contributed by atoms with Gasteiger partial charge in [-0.1, -0.05) is 13.3 Å². The van der Waals surface area contributed by atoms with Crippen molar-refractivity contribution in [1.29, 1.82) is 0 Å². The fourth-order valence-corrected chi connectivity index (χ4v) is 5.39. The van der Waals surface area contributed by atoms with Gasteiger partial charge in [0.15, 0.2) is 0 Å². The smallest absolute Gasteiger partial charge is 0.209 e. The zero-order chi connectivity index (χ0) is 17.8. The fraction of sp³-hybridized carbons (Fsp3) is 0.947. The predicted molar refractivity (Wildman–Crippen MR) is 98.1 cm³/mol. The first-order valence-corrected chi connectivity index (χ1v) is 10.9. The molecular formula is C19H36N6O+2. The Bertz CT molecular complexity index is 544. The molecule has 0 unspecified atom stereocenters. The molecule has 1 aromatic heterocycles. The van der Waals surface area contributed by atoms with Crippen LogP contribution in [-0.2, 0) is 11.3 Å². The second kappa shape index (κ2) is 8.76. The highest BCUT2D eigenvalue weighted by molar-refractivity contribution is 4.88. The highest BCUT2D eigenvalue weighted by atomic mass is 16.5. The quantitative estimate of drug-likeness (QED) is 0.709. The van der Waals surface area contributed by atoms with Crippen molar-refractivity contribution in [2.75, 3.05) is 32.8 Å². The Morgan fingerprint density at radius 1 is 1.08 bits per heavy atom. The molecule has 0 aromatic carbocycles. The Morgan fingerprint density at radius 2 is 1.88 bits per heavy atom. The first-order valence-electron chi connectivity index (χ1n) is 10.9. The number of hydrogen-bond acceptors (Lipinski definition) is 4. The lowest BCUT2D eigenvalue weighted by Crippen LogP contribution is -3.29. The standard InChI is InChI=1S/C19H34N6O/c1-2-18(19-20-21-22-25(19)15-17-9-6-14-26-17)24-12-10-23(11-13-24)16-7-4-3-5-8-16/h16-18H,2-15H2,1H3/p+2/t17-,18+/m1/s1. The Kier molecular flexibility index (Phi) is 6.17. The first-order chi connectivity index (χ1) is 12.8. The summed E-state index contributed by atoms with van der Waals surface area (Å²) in [4.78, 5) is 3.54. The molecule has 1 aromatic rings. The third-order valence-electron chi connectivity index (χ3n) is 6.89. The summed E-state index contributed by atoms with van der Waals surface area (Å²) in [5.74, 6) is 1.07. The summed E-state index contributed by atoms with van der Waals surface area (Å²) in [7, 11) is 0. The molecule has 0 radical (unpaired) electrons. The van der Waals surface area contributed by atoms with Gasteiger partial charge in [0, 0.05) is 13.0 Å². The molecule has 2 N–H and O–H groups in total. The summed E-state index contributed by atoms with van der Waals surface area (Å²) in [5.41, 5.74) is 0. The lowest BCUT2D eigenvalue weighted by molar-refractivity contribution is -1.04. The zero-order valence-electron chi connectivity index (χ0n) is 16.3. The van der Waals surface area contributed by atoms with E-state index >= 15 is 0 Å². The maximum absolute atomic E-state index is 5.79. The minimum Gasteiger partial charge on any atom is -0.376 e. The van der Waals surface area contributed by atoms with E-state index in [4.69, 9.17) is 4.74 Å². The van der Waals surface area contributed by atoms with Crippen LogP contribution in [-0.4, -0.2) is 65.1 Å². The van der Waals surface area contributed by atoms with Crippen LogP contribution in [0.15, 0.2) is 0 Å². The zero-order valence-corrected chi connectivity index (χ0v) is 16.3. The van der Waals surface area contributed by atoms with E-state index in [1.165, 1.54) is 58.3 Å². The van der Waals surface area contributed by atoms with Crippen molar-refractivity contribution in [2.45, 2.75) is 83.0 Å². The Morgan fingerprint density at radius 3 is 2.58 bits per heavy atom. The van der Waals surface area contributed by atoms with Gasteiger partial charge in [0.2, 0.25) is 5.82 Å². The number of aromatic nitrogens is 4. The van der Waals surface area contributed by atoms with Crippen molar-refractivity contribution in [3.63, 3.8) is 0 Å². The molecule has 1 saturated carbocycles. The van der Waals surface area contributed by atoms with Gasteiger partial charge in [-0.2, -0.15) is 0 Å². The van der Waals surface area contributed by atoms with Crippen LogP contribution in [0.3, 0.4) is 0 Å². The molecular weight excluding hydrogens is 328 g/mol. The van der Waals surface area contributed by atoms with Crippen LogP contribution in [0.5, 0.6) is 0 Å². The van der Waals surface area contributed by atoms with Gasteiger partial charge in [-0.25, -0.2) is 4.68 Å². The van der Waals surface area contributed by atoms with E-state index in [-0.39, 0.29) is 6.10 Å². The van der Waals surface area contributed by atoms with E-state index in [1.54, 1.807) is 4.90 Å². The van der Waals surface area contributed by atoms with Crippen molar-refractivity contribution in [3.8, 4) is 0 Å². The van der Waals surface area contributed by atoms with Crippen molar-refractivity contribution >= 4 is 0 Å². The van der Waals surface area contributed by atoms with E-state index in [1.807, 2.05) is 9.58 Å². The topological polar surface area (TPSA) is 61.7 Å². The van der Waals surface area contributed by atoms with Crippen LogP contribution in [0.25, 0.3) is 0 Å². The minimum absolute atomic E-state index is 0.289. The van der Waals surface area contributed by atoms with Gasteiger partial charge in [0.05, 0.1) is 18.7 Å². The number of hydrogen-bond donors (Lipinski definition) is 2. The Balaban J connectivity index is 1.36. The normalized spacial score (nSPS) is 32.0. The number of nitrogens with zero attached hydrogens (tertiary/aromatic N) is 4. The number of nitrogens with one attached hydrogen (secondary N) is 2. The maximum Gasteiger partial charge on any atom is 0.209 e. The summed E-state index contributed by atoms with van der Waals surface area (Å²) in [6.45, 7) is 9.09. The molecule has 3 heterocycles. The minimum atomic E-state index is 0.289. The first kappa shape index (κ1) is 18.3. The molecule has 0 amide bonds. The lowest BCUT2D eigenvalue weighted by Gasteiger charge is -2.38. The van der Waals surface area contributed by atoms with Gasteiger partial charge in [-0.15, -0.1) is 5.10 Å². The van der Waals surface area contributed by atoms with Gasteiger partial charge >= 0.3 is 0 Å². The number of rotatable bonds is 6. The predicted octanol–water partition coefficient (Wildman–Crippen LogP) is -0.581. The van der Waals surface area contributed by atoms with Gasteiger partial charge in [-0.3, -0.25) is 0 Å². The summed E-state index contributed by atoms with van der Waals surface area (Å²) in [6.07, 6.45) is 10.9. The molecule has 2 atom stereocenters. The molecule has 2 aliphatic heterocycles. The molecule has 4 rings (SSSR count). The monoisotopic (exact) mass is 364 g/mol. The maximum atomic E-state index is 5.79. The summed E-state index contributed by atoms with van der Waals surface area (Å²) in [5, 5.41) is 12.7. The van der Waals surface area contributed by atoms with Crippen molar-refractivity contribution in [3.05, 3.63) is 5.82 Å². The molecule has 3 fully saturated rings. The van der Waals surface area contributed by atoms with E-state index < -0.39 is 0 Å². The number of ether oxygens (including phenoxy) is 1. The van der Waals surface area contributed by atoms with Crippen molar-refractivity contribution < 1.29 is 14.5 Å². The summed E-state index contributed by atoms with van der Waals surface area (Å²) in [6, 6.07) is 1.34. The van der Waals surface area contributed by atoms with E-state index in [0.717, 1.165) is 44.3 Å². The molecule has 0 bridgehead atoms. The summed E-state index contributed by atoms with van der Waals surface area (Å²) >= 11 is 0. The average molecular weight is 365 g/mol. The van der Waals surface area contributed by atoms with E-state index in [0.29, 0.717) is 6.04 Å². The molecule has 3 aliphatic rings. The molecule has 7 nitrogen and oxygen atoms in total. The van der Waals surface area contributed by atoms with Crippen LogP contribution in [0.4, 0.5) is 0 Å². The second-order valence-electron chi connectivity index (χ2n) is 8.47. The highest BCUT2D eigenvalue weighted by Gasteiger charge is 2.36. The Hall–Kier alpha value is -1.05. The number of piperazine rings is 1. The molecule has 0 spiro atoms. The largest absolute Gasteiger partial charge is 0.376 e. The summed E-state index contributed by atoms with van der Waals surface area (Å²) < 4.78 is 7.82. The van der Waals surface area contributed by atoms with Crippen LogP contribution in [0, 0.1) is 0 Å². The van der Waals surface area contributed by atoms with Gasteiger partial charge in [0.1, 0.15) is 32.2 Å². The van der Waals surface area contributed by atoms with Gasteiger partial charge < -0.3 is 14.5 Å². The second-order valence-corrected chi connectivity index (χ2v) is 8.47. The Labute approximate surface area is 157 Å². The molecule has 2 saturated heterocycles. The van der Waals surface area contributed by atoms with Gasteiger partial charge in [0.25, 0.3) is 0 Å².